The standard InChI is InChI=1S/C17H15N5O2S2/c23-14(19-16(24)13-2-1-9-25-13)10-26-17-21-20-15(22(17)12-3-4-12)11-5-7-18-8-6-11/h1-2,5-9,12H,3-4,10H2,(H,19,23,24). The number of thioether (sulfide) groups is 1. The second kappa shape index (κ2) is 7.38. The normalized spacial score (nSPS) is 13.5. The minimum Gasteiger partial charge on any atom is -0.299 e. The van der Waals surface area contributed by atoms with Crippen molar-refractivity contribution in [3.05, 3.63) is 46.9 Å². The molecule has 0 saturated heterocycles. The highest BCUT2D eigenvalue weighted by Crippen LogP contribution is 2.40. The summed E-state index contributed by atoms with van der Waals surface area (Å²) >= 11 is 2.59. The molecule has 0 unspecified atom stereocenters. The van der Waals surface area contributed by atoms with Crippen LogP contribution in [-0.2, 0) is 4.79 Å². The molecule has 26 heavy (non-hydrogen) atoms. The van der Waals surface area contributed by atoms with Crippen LogP contribution in [0.5, 0.6) is 0 Å². The number of nitrogens with zero attached hydrogens (tertiary/aromatic N) is 4. The number of rotatable bonds is 6. The van der Waals surface area contributed by atoms with Gasteiger partial charge in [0.2, 0.25) is 5.91 Å². The minimum absolute atomic E-state index is 0.109. The molecule has 7 nitrogen and oxygen atoms in total. The molecule has 2 amide bonds. The Labute approximate surface area is 157 Å². The van der Waals surface area contributed by atoms with Gasteiger partial charge in [0.25, 0.3) is 5.91 Å². The highest BCUT2D eigenvalue weighted by atomic mass is 32.2. The Morgan fingerprint density at radius 3 is 2.73 bits per heavy atom. The molecule has 3 aromatic rings. The fourth-order valence-electron chi connectivity index (χ4n) is 2.50. The highest BCUT2D eigenvalue weighted by Gasteiger charge is 2.30. The topological polar surface area (TPSA) is 89.8 Å². The van der Waals surface area contributed by atoms with Crippen LogP contribution in [0.15, 0.2) is 47.2 Å². The number of hydrogen-bond donors (Lipinski definition) is 1. The van der Waals surface area contributed by atoms with E-state index >= 15 is 0 Å². The zero-order valence-electron chi connectivity index (χ0n) is 13.7. The van der Waals surface area contributed by atoms with Crippen LogP contribution in [-0.4, -0.2) is 37.3 Å². The number of carbonyl (C=O) groups is 2. The van der Waals surface area contributed by atoms with Crippen molar-refractivity contribution in [2.24, 2.45) is 0 Å². The van der Waals surface area contributed by atoms with Crippen molar-refractivity contribution < 1.29 is 9.59 Å². The van der Waals surface area contributed by atoms with Crippen molar-refractivity contribution in [1.82, 2.24) is 25.1 Å². The van der Waals surface area contributed by atoms with Crippen molar-refractivity contribution in [3.8, 4) is 11.4 Å². The second-order valence-electron chi connectivity index (χ2n) is 5.79. The third kappa shape index (κ3) is 3.68. The highest BCUT2D eigenvalue weighted by molar-refractivity contribution is 7.99. The first-order valence-electron chi connectivity index (χ1n) is 8.08. The number of nitrogens with one attached hydrogen (secondary N) is 1. The molecule has 132 valence electrons. The molecule has 0 bridgehead atoms. The Morgan fingerprint density at radius 1 is 1.23 bits per heavy atom. The Balaban J connectivity index is 1.44. The van der Waals surface area contributed by atoms with Gasteiger partial charge in [-0.1, -0.05) is 17.8 Å². The monoisotopic (exact) mass is 385 g/mol. The summed E-state index contributed by atoms with van der Waals surface area (Å²) < 4.78 is 2.08. The summed E-state index contributed by atoms with van der Waals surface area (Å²) in [5.41, 5.74) is 0.948. The van der Waals surface area contributed by atoms with E-state index < -0.39 is 0 Å². The fourth-order valence-corrected chi connectivity index (χ4v) is 3.92. The molecule has 1 aliphatic carbocycles. The SMILES string of the molecule is O=C(CSc1nnc(-c2ccncc2)n1C1CC1)NC(=O)c1cccs1. The summed E-state index contributed by atoms with van der Waals surface area (Å²) in [5.74, 6) is 0.182. The summed E-state index contributed by atoms with van der Waals surface area (Å²) in [7, 11) is 0. The summed E-state index contributed by atoms with van der Waals surface area (Å²) in [5, 5.41) is 13.4. The lowest BCUT2D eigenvalue weighted by Gasteiger charge is -2.08. The van der Waals surface area contributed by atoms with Crippen molar-refractivity contribution >= 4 is 34.9 Å². The van der Waals surface area contributed by atoms with Gasteiger partial charge in [-0.2, -0.15) is 0 Å². The van der Waals surface area contributed by atoms with Crippen LogP contribution in [0.3, 0.4) is 0 Å². The van der Waals surface area contributed by atoms with Gasteiger partial charge in [0.15, 0.2) is 11.0 Å². The number of carbonyl (C=O) groups excluding carboxylic acids is 2. The van der Waals surface area contributed by atoms with Gasteiger partial charge < -0.3 is 0 Å². The summed E-state index contributed by atoms with van der Waals surface area (Å²) in [6, 6.07) is 7.61. The predicted molar refractivity (Wildman–Crippen MR) is 99.0 cm³/mol. The van der Waals surface area contributed by atoms with Crippen LogP contribution in [0.1, 0.15) is 28.6 Å². The number of hydrogen-bond acceptors (Lipinski definition) is 7. The van der Waals surface area contributed by atoms with Crippen LogP contribution >= 0.6 is 23.1 Å². The summed E-state index contributed by atoms with van der Waals surface area (Å²) in [6.45, 7) is 0. The van der Waals surface area contributed by atoms with Crippen LogP contribution < -0.4 is 5.32 Å². The average molecular weight is 385 g/mol. The predicted octanol–water partition coefficient (Wildman–Crippen LogP) is 2.79. The Morgan fingerprint density at radius 2 is 2.04 bits per heavy atom. The second-order valence-corrected chi connectivity index (χ2v) is 7.68. The average Bonchev–Trinajstić information content (AvgIpc) is 3.18. The molecule has 0 radical (unpaired) electrons. The number of pyridine rings is 1. The van der Waals surface area contributed by atoms with Crippen molar-refractivity contribution in [1.29, 1.82) is 0 Å². The van der Waals surface area contributed by atoms with E-state index in [1.807, 2.05) is 12.1 Å². The zero-order chi connectivity index (χ0) is 17.9. The van der Waals surface area contributed by atoms with E-state index in [1.165, 1.54) is 23.1 Å². The minimum atomic E-state index is -0.369. The molecule has 3 heterocycles. The number of imide groups is 1. The molecular weight excluding hydrogens is 370 g/mol. The van der Waals surface area contributed by atoms with Crippen LogP contribution in [0.4, 0.5) is 0 Å². The molecule has 1 saturated carbocycles. The van der Waals surface area contributed by atoms with E-state index in [-0.39, 0.29) is 17.6 Å². The Bertz CT molecular complexity index is 920. The van der Waals surface area contributed by atoms with Crippen LogP contribution in [0.25, 0.3) is 11.4 Å². The van der Waals surface area contributed by atoms with Gasteiger partial charge in [0.05, 0.1) is 10.6 Å². The van der Waals surface area contributed by atoms with E-state index in [4.69, 9.17) is 0 Å². The van der Waals surface area contributed by atoms with E-state index in [2.05, 4.69) is 25.1 Å². The maximum atomic E-state index is 12.1. The summed E-state index contributed by atoms with van der Waals surface area (Å²) in [4.78, 5) is 28.6. The van der Waals surface area contributed by atoms with Crippen molar-refractivity contribution in [2.45, 2.75) is 24.0 Å². The maximum absolute atomic E-state index is 12.1. The lowest BCUT2D eigenvalue weighted by Crippen LogP contribution is -2.31. The van der Waals surface area contributed by atoms with Crippen LogP contribution in [0, 0.1) is 0 Å². The van der Waals surface area contributed by atoms with Gasteiger partial charge in [-0.15, -0.1) is 21.5 Å². The smallest absolute Gasteiger partial charge is 0.267 e. The molecule has 9 heteroatoms. The zero-order valence-corrected chi connectivity index (χ0v) is 15.3. The Hall–Kier alpha value is -2.52. The molecule has 4 rings (SSSR count). The molecule has 1 N–H and O–H groups in total. The molecule has 3 aromatic heterocycles. The third-order valence-electron chi connectivity index (χ3n) is 3.85. The number of thiophene rings is 1. The Kier molecular flexibility index (Phi) is 4.81. The van der Waals surface area contributed by atoms with Gasteiger partial charge >= 0.3 is 0 Å². The summed E-state index contributed by atoms with van der Waals surface area (Å²) in [6.07, 6.45) is 5.59. The largest absolute Gasteiger partial charge is 0.299 e. The lowest BCUT2D eigenvalue weighted by atomic mass is 10.2. The van der Waals surface area contributed by atoms with Gasteiger partial charge in [-0.3, -0.25) is 24.5 Å². The molecule has 1 fully saturated rings. The first-order valence-corrected chi connectivity index (χ1v) is 9.94. The van der Waals surface area contributed by atoms with Gasteiger partial charge in [-0.25, -0.2) is 0 Å². The van der Waals surface area contributed by atoms with E-state index in [0.717, 1.165) is 24.2 Å². The van der Waals surface area contributed by atoms with Crippen molar-refractivity contribution in [2.75, 3.05) is 5.75 Å². The van der Waals surface area contributed by atoms with E-state index in [9.17, 15) is 9.59 Å². The maximum Gasteiger partial charge on any atom is 0.267 e. The third-order valence-corrected chi connectivity index (χ3v) is 5.66. The molecule has 0 atom stereocenters. The molecule has 1 aliphatic rings. The van der Waals surface area contributed by atoms with E-state index in [1.54, 1.807) is 29.9 Å². The quantitative estimate of drug-likeness (QED) is 0.656. The van der Waals surface area contributed by atoms with Crippen molar-refractivity contribution in [3.63, 3.8) is 0 Å². The molecule has 0 aromatic carbocycles. The first kappa shape index (κ1) is 16.9. The molecular formula is C17H15N5O2S2. The number of aromatic nitrogens is 4. The van der Waals surface area contributed by atoms with E-state index in [0.29, 0.717) is 16.1 Å². The lowest BCUT2D eigenvalue weighted by molar-refractivity contribution is -0.117. The van der Waals surface area contributed by atoms with Gasteiger partial charge in [-0.05, 0) is 36.4 Å². The van der Waals surface area contributed by atoms with Gasteiger partial charge in [0.1, 0.15) is 0 Å². The van der Waals surface area contributed by atoms with Crippen LogP contribution in [0.2, 0.25) is 0 Å². The van der Waals surface area contributed by atoms with Gasteiger partial charge in [0, 0.05) is 24.0 Å². The fraction of sp³-hybridized carbons (Fsp3) is 0.235. The molecule has 0 aliphatic heterocycles. The number of amides is 2. The molecule has 0 spiro atoms. The first-order chi connectivity index (χ1) is 12.7.